The van der Waals surface area contributed by atoms with Gasteiger partial charge in [-0.15, -0.1) is 11.6 Å². The summed E-state index contributed by atoms with van der Waals surface area (Å²) in [4.78, 5) is 3.95. The number of anilines is 1. The molecule has 0 aliphatic heterocycles. The van der Waals surface area contributed by atoms with E-state index in [2.05, 4.69) is 10.3 Å². The number of hydrogen-bond acceptors (Lipinski definition) is 2. The number of aromatic nitrogens is 1. The molecule has 2 nitrogen and oxygen atoms in total. The van der Waals surface area contributed by atoms with Crippen molar-refractivity contribution in [1.82, 2.24) is 4.98 Å². The standard InChI is InChI=1S/C13H12Cl2N2/c14-8-13(10-4-2-1-3-5-10)17-12-6-7-16-9-11(12)15/h1-7,9,13H,8H2,(H,16,17). The summed E-state index contributed by atoms with van der Waals surface area (Å²) in [6.07, 6.45) is 3.31. The molecular weight excluding hydrogens is 255 g/mol. The van der Waals surface area contributed by atoms with E-state index in [1.165, 1.54) is 0 Å². The molecule has 4 heteroatoms. The second-order valence-corrected chi connectivity index (χ2v) is 4.33. The van der Waals surface area contributed by atoms with Gasteiger partial charge in [0.2, 0.25) is 0 Å². The van der Waals surface area contributed by atoms with E-state index in [0.717, 1.165) is 11.3 Å². The van der Waals surface area contributed by atoms with Crippen LogP contribution in [0.5, 0.6) is 0 Å². The van der Waals surface area contributed by atoms with Gasteiger partial charge in [-0.3, -0.25) is 4.98 Å². The highest BCUT2D eigenvalue weighted by molar-refractivity contribution is 6.33. The lowest BCUT2D eigenvalue weighted by Gasteiger charge is -2.18. The molecule has 88 valence electrons. The molecule has 1 unspecified atom stereocenters. The van der Waals surface area contributed by atoms with Gasteiger partial charge in [-0.05, 0) is 11.6 Å². The molecule has 0 aliphatic carbocycles. The van der Waals surface area contributed by atoms with Crippen molar-refractivity contribution >= 4 is 28.9 Å². The average molecular weight is 267 g/mol. The zero-order valence-electron chi connectivity index (χ0n) is 9.11. The summed E-state index contributed by atoms with van der Waals surface area (Å²) in [5.41, 5.74) is 1.98. The van der Waals surface area contributed by atoms with E-state index < -0.39 is 0 Å². The Labute approximate surface area is 111 Å². The Bertz CT molecular complexity index is 474. The fraction of sp³-hybridized carbons (Fsp3) is 0.154. The van der Waals surface area contributed by atoms with Crippen molar-refractivity contribution < 1.29 is 0 Å². The summed E-state index contributed by atoms with van der Waals surface area (Å²) in [7, 11) is 0. The van der Waals surface area contributed by atoms with Crippen molar-refractivity contribution in [3.05, 3.63) is 59.4 Å². The fourth-order valence-electron chi connectivity index (χ4n) is 1.58. The third-order valence-electron chi connectivity index (χ3n) is 2.46. The van der Waals surface area contributed by atoms with Crippen LogP contribution in [-0.2, 0) is 0 Å². The molecule has 1 aromatic carbocycles. The van der Waals surface area contributed by atoms with E-state index in [0.29, 0.717) is 10.9 Å². The summed E-state index contributed by atoms with van der Waals surface area (Å²) < 4.78 is 0. The third-order valence-corrected chi connectivity index (χ3v) is 3.07. The molecule has 17 heavy (non-hydrogen) atoms. The number of alkyl halides is 1. The lowest BCUT2D eigenvalue weighted by molar-refractivity contribution is 0.892. The van der Waals surface area contributed by atoms with E-state index >= 15 is 0 Å². The molecule has 0 amide bonds. The summed E-state index contributed by atoms with van der Waals surface area (Å²) >= 11 is 12.0. The first kappa shape index (κ1) is 12.2. The number of nitrogens with one attached hydrogen (secondary N) is 1. The Morgan fingerprint density at radius 3 is 2.59 bits per heavy atom. The normalized spacial score (nSPS) is 12.1. The van der Waals surface area contributed by atoms with Crippen LogP contribution >= 0.6 is 23.2 Å². The van der Waals surface area contributed by atoms with Gasteiger partial charge in [-0.1, -0.05) is 41.9 Å². The summed E-state index contributed by atoms with van der Waals surface area (Å²) in [5.74, 6) is 0.475. The molecule has 0 saturated heterocycles. The maximum atomic E-state index is 6.04. The Balaban J connectivity index is 2.19. The van der Waals surface area contributed by atoms with Crippen LogP contribution in [0.2, 0.25) is 5.02 Å². The monoisotopic (exact) mass is 266 g/mol. The third kappa shape index (κ3) is 3.11. The van der Waals surface area contributed by atoms with Gasteiger partial charge in [0.1, 0.15) is 0 Å². The fourth-order valence-corrected chi connectivity index (χ4v) is 2.01. The molecule has 0 saturated carbocycles. The van der Waals surface area contributed by atoms with Gasteiger partial charge >= 0.3 is 0 Å². The Kier molecular flexibility index (Phi) is 4.24. The molecule has 0 aliphatic rings. The van der Waals surface area contributed by atoms with E-state index in [9.17, 15) is 0 Å². The highest BCUT2D eigenvalue weighted by atomic mass is 35.5. The first-order chi connectivity index (χ1) is 8.31. The highest BCUT2D eigenvalue weighted by Crippen LogP contribution is 2.25. The summed E-state index contributed by atoms with van der Waals surface area (Å²) in [5, 5.41) is 3.91. The second-order valence-electron chi connectivity index (χ2n) is 3.62. The molecule has 1 aromatic heterocycles. The SMILES string of the molecule is ClCC(Nc1ccncc1Cl)c1ccccc1. The molecule has 0 bridgehead atoms. The van der Waals surface area contributed by atoms with E-state index in [1.54, 1.807) is 12.4 Å². The van der Waals surface area contributed by atoms with Crippen LogP contribution in [0.4, 0.5) is 5.69 Å². The Morgan fingerprint density at radius 1 is 1.18 bits per heavy atom. The van der Waals surface area contributed by atoms with Crippen molar-refractivity contribution in [3.8, 4) is 0 Å². The van der Waals surface area contributed by atoms with Crippen LogP contribution in [0.3, 0.4) is 0 Å². The number of hydrogen-bond donors (Lipinski definition) is 1. The van der Waals surface area contributed by atoms with Crippen molar-refractivity contribution in [1.29, 1.82) is 0 Å². The van der Waals surface area contributed by atoms with Gasteiger partial charge in [0.15, 0.2) is 0 Å². The van der Waals surface area contributed by atoms with E-state index in [4.69, 9.17) is 23.2 Å². The number of nitrogens with zero attached hydrogens (tertiary/aromatic N) is 1. The number of benzene rings is 1. The maximum absolute atomic E-state index is 6.04. The topological polar surface area (TPSA) is 24.9 Å². The van der Waals surface area contributed by atoms with Crippen LogP contribution in [0.15, 0.2) is 48.8 Å². The lowest BCUT2D eigenvalue weighted by Crippen LogP contribution is -2.12. The predicted octanol–water partition coefficient (Wildman–Crippen LogP) is 4.13. The predicted molar refractivity (Wildman–Crippen MR) is 72.8 cm³/mol. The highest BCUT2D eigenvalue weighted by Gasteiger charge is 2.10. The lowest BCUT2D eigenvalue weighted by atomic mass is 10.1. The van der Waals surface area contributed by atoms with Crippen LogP contribution in [0.25, 0.3) is 0 Å². The quantitative estimate of drug-likeness (QED) is 0.842. The minimum Gasteiger partial charge on any atom is -0.376 e. The summed E-state index contributed by atoms with van der Waals surface area (Å²) in [6, 6.07) is 11.9. The Morgan fingerprint density at radius 2 is 1.94 bits per heavy atom. The molecule has 1 heterocycles. The molecule has 2 aromatic rings. The first-order valence-electron chi connectivity index (χ1n) is 5.28. The van der Waals surface area contributed by atoms with Crippen LogP contribution < -0.4 is 5.32 Å². The first-order valence-corrected chi connectivity index (χ1v) is 6.19. The van der Waals surface area contributed by atoms with E-state index in [-0.39, 0.29) is 6.04 Å². The zero-order valence-corrected chi connectivity index (χ0v) is 10.6. The molecular formula is C13H12Cl2N2. The van der Waals surface area contributed by atoms with Crippen molar-refractivity contribution in [3.63, 3.8) is 0 Å². The maximum Gasteiger partial charge on any atom is 0.0820 e. The molecule has 1 atom stereocenters. The Hall–Kier alpha value is -1.25. The van der Waals surface area contributed by atoms with Crippen LogP contribution in [-0.4, -0.2) is 10.9 Å². The second kappa shape index (κ2) is 5.89. The van der Waals surface area contributed by atoms with Crippen molar-refractivity contribution in [2.75, 3.05) is 11.2 Å². The smallest absolute Gasteiger partial charge is 0.0820 e. The van der Waals surface area contributed by atoms with Gasteiger partial charge in [-0.25, -0.2) is 0 Å². The van der Waals surface area contributed by atoms with Gasteiger partial charge in [0.25, 0.3) is 0 Å². The van der Waals surface area contributed by atoms with Gasteiger partial charge in [0.05, 0.1) is 16.8 Å². The minimum atomic E-state index is 0.0396. The number of rotatable bonds is 4. The summed E-state index contributed by atoms with van der Waals surface area (Å²) in [6.45, 7) is 0. The minimum absolute atomic E-state index is 0.0396. The van der Waals surface area contributed by atoms with Gasteiger partial charge in [-0.2, -0.15) is 0 Å². The van der Waals surface area contributed by atoms with Gasteiger partial charge < -0.3 is 5.32 Å². The molecule has 0 fully saturated rings. The molecule has 0 radical (unpaired) electrons. The molecule has 2 rings (SSSR count). The average Bonchev–Trinajstić information content (AvgIpc) is 2.39. The zero-order chi connectivity index (χ0) is 12.1. The molecule has 1 N–H and O–H groups in total. The van der Waals surface area contributed by atoms with Crippen LogP contribution in [0.1, 0.15) is 11.6 Å². The number of pyridine rings is 1. The molecule has 0 spiro atoms. The van der Waals surface area contributed by atoms with Gasteiger partial charge in [0, 0.05) is 18.3 Å². The van der Waals surface area contributed by atoms with Crippen LogP contribution in [0, 0.1) is 0 Å². The van der Waals surface area contributed by atoms with E-state index in [1.807, 2.05) is 36.4 Å². The van der Waals surface area contributed by atoms with Crippen molar-refractivity contribution in [2.24, 2.45) is 0 Å². The number of halogens is 2. The largest absolute Gasteiger partial charge is 0.376 e. The van der Waals surface area contributed by atoms with Crippen molar-refractivity contribution in [2.45, 2.75) is 6.04 Å².